The second-order valence-electron chi connectivity index (χ2n) is 22.2. The van der Waals surface area contributed by atoms with Gasteiger partial charge in [-0.15, -0.1) is 21.5 Å². The number of hydrogen-bond acceptors (Lipinski definition) is 14. The standard InChI is InChI=1S/C63H71Cl2F2N7O8S/c1-37-14-21-46(48(66)31-37)63(36-68)53(35-62(5,6)7)71-59(56(63)45-11-9-12-47(65)57(45)67)51(76)32-43-16-15-42(33-52(43)78-8)50(75)13-10-23-79-25-27-81-29-30-82-28-26-80-24-22-69-54(77)34-49-60-73-72-40(4)74(60)61-55(38(2)39(3)83-61)58(70-49)41-17-19-44(64)20-18-41/h9,11-12,14-21,31,33,49,53,56,59,71H,10,13,22-30,32,34-35H2,1-8H3,(H,69,77)/t49-,53-,56-,59?,63-/m0/s1. The second kappa shape index (κ2) is 28.1. The van der Waals surface area contributed by atoms with Crippen LogP contribution in [0.15, 0.2) is 83.9 Å². The Kier molecular flexibility index (Phi) is 21.2. The summed E-state index contributed by atoms with van der Waals surface area (Å²) in [6.45, 7) is 16.8. The van der Waals surface area contributed by atoms with Gasteiger partial charge in [-0.25, -0.2) is 8.78 Å². The Hall–Kier alpha value is -6.27. The molecule has 1 unspecified atom stereocenters. The molecule has 440 valence electrons. The normalized spacial score (nSPS) is 18.5. The summed E-state index contributed by atoms with van der Waals surface area (Å²) < 4.78 is 62.8. The van der Waals surface area contributed by atoms with Crippen molar-refractivity contribution in [3.63, 3.8) is 0 Å². The Balaban J connectivity index is 0.733. The fourth-order valence-corrected chi connectivity index (χ4v) is 12.5. The fraction of sp³-hybridized carbons (Fsp3) is 0.444. The summed E-state index contributed by atoms with van der Waals surface area (Å²) in [5, 5.41) is 27.9. The second-order valence-corrected chi connectivity index (χ2v) is 24.2. The Bertz CT molecular complexity index is 3380. The lowest BCUT2D eigenvalue weighted by molar-refractivity contribution is -0.122. The Morgan fingerprint density at radius 2 is 1.55 bits per heavy atom. The van der Waals surface area contributed by atoms with E-state index in [1.165, 1.54) is 25.3 Å². The number of nitrogens with zero attached hydrogens (tertiary/aromatic N) is 5. The summed E-state index contributed by atoms with van der Waals surface area (Å²) in [5.74, 6) is -1.63. The van der Waals surface area contributed by atoms with Gasteiger partial charge in [-0.2, -0.15) is 5.26 Å². The van der Waals surface area contributed by atoms with Crippen molar-refractivity contribution >= 4 is 57.7 Å². The third-order valence-electron chi connectivity index (χ3n) is 15.1. The van der Waals surface area contributed by atoms with Crippen LogP contribution in [0.3, 0.4) is 0 Å². The molecule has 83 heavy (non-hydrogen) atoms. The number of carbonyl (C=O) groups excluding carboxylic acids is 3. The fourth-order valence-electron chi connectivity index (χ4n) is 11.0. The lowest BCUT2D eigenvalue weighted by atomic mass is 9.62. The van der Waals surface area contributed by atoms with Crippen molar-refractivity contribution in [3.8, 4) is 16.8 Å². The average molecular weight is 1200 g/mol. The van der Waals surface area contributed by atoms with Crippen LogP contribution in [0.1, 0.15) is 124 Å². The number of fused-ring (bicyclic) bond motifs is 3. The molecule has 6 aromatic rings. The number of aromatic nitrogens is 3. The molecule has 5 atom stereocenters. The highest BCUT2D eigenvalue weighted by atomic mass is 35.5. The molecule has 2 N–H and O–H groups in total. The number of methoxy groups -OCH3 is 1. The maximum atomic E-state index is 16.2. The molecule has 2 aromatic heterocycles. The first-order valence-electron chi connectivity index (χ1n) is 27.8. The van der Waals surface area contributed by atoms with Crippen LogP contribution in [0, 0.1) is 56.1 Å². The molecule has 0 aliphatic carbocycles. The summed E-state index contributed by atoms with van der Waals surface area (Å²) in [5.41, 5.74) is 3.33. The quantitative estimate of drug-likeness (QED) is 0.0367. The molecule has 0 saturated carbocycles. The molecule has 8 rings (SSSR count). The average Bonchev–Trinajstić information content (AvgIpc) is 3.08. The van der Waals surface area contributed by atoms with E-state index in [0.717, 1.165) is 38.1 Å². The molecule has 1 saturated heterocycles. The van der Waals surface area contributed by atoms with Crippen LogP contribution in [0.2, 0.25) is 10.0 Å². The number of rotatable bonds is 27. The zero-order chi connectivity index (χ0) is 59.6. The van der Waals surface area contributed by atoms with Gasteiger partial charge in [0.15, 0.2) is 17.4 Å². The smallest absolute Gasteiger partial charge is 0.222 e. The maximum Gasteiger partial charge on any atom is 0.222 e. The number of benzene rings is 4. The molecule has 4 heterocycles. The zero-order valence-corrected chi connectivity index (χ0v) is 50.5. The van der Waals surface area contributed by atoms with Crippen LogP contribution in [-0.2, 0) is 40.4 Å². The maximum absolute atomic E-state index is 16.2. The minimum atomic E-state index is -1.71. The van der Waals surface area contributed by atoms with E-state index in [2.05, 4.69) is 40.7 Å². The molecular formula is C63H71Cl2F2N7O8S. The van der Waals surface area contributed by atoms with Crippen molar-refractivity contribution < 1.29 is 46.8 Å². The van der Waals surface area contributed by atoms with Crippen LogP contribution >= 0.6 is 34.5 Å². The van der Waals surface area contributed by atoms with Gasteiger partial charge in [0.05, 0.1) is 82.6 Å². The Labute approximate surface area is 498 Å². The SMILES string of the molecule is COc1cc(C(=O)CCCOCCOCCOCCOCCNC(=O)C[C@@H]2N=C(c3ccc(Cl)cc3)c3c(sc(C)c3C)-n3c(C)nnc32)ccc1CC(=O)C1N[C@@H](CC(C)(C)C)[C@](C#N)(c2ccc(C)cc2F)[C@H]1c1cccc(Cl)c1F. The minimum absolute atomic E-state index is 0.0305. The number of amides is 1. The van der Waals surface area contributed by atoms with Crippen molar-refractivity contribution in [2.24, 2.45) is 10.4 Å². The number of ether oxygens (including phenoxy) is 5. The highest BCUT2D eigenvalue weighted by Gasteiger charge is 2.61. The molecular weight excluding hydrogens is 1120 g/mol. The van der Waals surface area contributed by atoms with E-state index in [9.17, 15) is 19.6 Å². The van der Waals surface area contributed by atoms with Gasteiger partial charge in [0.1, 0.15) is 39.7 Å². The molecule has 0 radical (unpaired) electrons. The molecule has 2 aliphatic rings. The summed E-state index contributed by atoms with van der Waals surface area (Å²) in [4.78, 5) is 47.6. The van der Waals surface area contributed by atoms with E-state index in [1.54, 1.807) is 54.7 Å². The van der Waals surface area contributed by atoms with E-state index in [4.69, 9.17) is 51.9 Å². The molecule has 1 fully saturated rings. The number of hydrogen-bond donors (Lipinski definition) is 2. The lowest BCUT2D eigenvalue weighted by Gasteiger charge is -2.37. The van der Waals surface area contributed by atoms with E-state index in [0.29, 0.717) is 106 Å². The van der Waals surface area contributed by atoms with Gasteiger partial charge in [-0.05, 0) is 93.0 Å². The van der Waals surface area contributed by atoms with Gasteiger partial charge < -0.3 is 34.3 Å². The summed E-state index contributed by atoms with van der Waals surface area (Å²) in [6.07, 6.45) is 0.904. The monoisotopic (exact) mass is 1190 g/mol. The van der Waals surface area contributed by atoms with Crippen molar-refractivity contribution in [1.82, 2.24) is 25.4 Å². The van der Waals surface area contributed by atoms with Crippen molar-refractivity contribution in [2.75, 3.05) is 66.5 Å². The van der Waals surface area contributed by atoms with Crippen LogP contribution in [0.25, 0.3) is 5.00 Å². The van der Waals surface area contributed by atoms with Crippen LogP contribution in [0.4, 0.5) is 8.78 Å². The molecule has 15 nitrogen and oxygen atoms in total. The number of carbonyl (C=O) groups is 3. The number of aliphatic imine (C=N–C) groups is 1. The van der Waals surface area contributed by atoms with Crippen molar-refractivity contribution in [1.29, 1.82) is 5.26 Å². The topological polar surface area (TPSA) is 188 Å². The molecule has 1 amide bonds. The first-order valence-corrected chi connectivity index (χ1v) is 29.4. The largest absolute Gasteiger partial charge is 0.496 e. The Morgan fingerprint density at radius 3 is 2.22 bits per heavy atom. The van der Waals surface area contributed by atoms with Gasteiger partial charge >= 0.3 is 0 Å². The number of halogens is 4. The van der Waals surface area contributed by atoms with Crippen LogP contribution in [-0.4, -0.2) is 117 Å². The molecule has 20 heteroatoms. The van der Waals surface area contributed by atoms with Gasteiger partial charge in [0.25, 0.3) is 0 Å². The number of ketones is 2. The molecule has 0 bridgehead atoms. The van der Waals surface area contributed by atoms with Crippen molar-refractivity contribution in [2.45, 2.75) is 110 Å². The predicted molar refractivity (Wildman–Crippen MR) is 317 cm³/mol. The molecule has 0 spiro atoms. The van der Waals surface area contributed by atoms with Crippen LogP contribution in [0.5, 0.6) is 5.75 Å². The number of nitriles is 1. The van der Waals surface area contributed by atoms with Gasteiger partial charge in [0.2, 0.25) is 5.91 Å². The Morgan fingerprint density at radius 1 is 0.867 bits per heavy atom. The predicted octanol–water partition coefficient (Wildman–Crippen LogP) is 11.4. The molecule has 4 aromatic carbocycles. The summed E-state index contributed by atoms with van der Waals surface area (Å²) >= 11 is 14.2. The van der Waals surface area contributed by atoms with E-state index in [1.807, 2.05) is 56.5 Å². The van der Waals surface area contributed by atoms with E-state index in [-0.39, 0.29) is 58.3 Å². The number of aryl methyl sites for hydroxylation is 3. The number of nitrogens with one attached hydrogen (secondary N) is 2. The van der Waals surface area contributed by atoms with E-state index >= 15 is 8.78 Å². The van der Waals surface area contributed by atoms with Crippen LogP contribution < -0.4 is 15.4 Å². The van der Waals surface area contributed by atoms with Gasteiger partial charge in [-0.3, -0.25) is 23.9 Å². The zero-order valence-electron chi connectivity index (χ0n) is 48.1. The summed E-state index contributed by atoms with van der Waals surface area (Å²) in [7, 11) is 1.45. The van der Waals surface area contributed by atoms with Gasteiger partial charge in [0, 0.05) is 75.7 Å². The van der Waals surface area contributed by atoms with E-state index < -0.39 is 41.1 Å². The van der Waals surface area contributed by atoms with Gasteiger partial charge in [-0.1, -0.05) is 92.5 Å². The third-order valence-corrected chi connectivity index (χ3v) is 16.8. The number of thiophene rings is 1. The first-order chi connectivity index (χ1) is 39.8. The third kappa shape index (κ3) is 14.6. The molecule has 2 aliphatic heterocycles. The first kappa shape index (κ1) is 62.8. The lowest BCUT2D eigenvalue weighted by Crippen LogP contribution is -2.44. The minimum Gasteiger partial charge on any atom is -0.496 e. The summed E-state index contributed by atoms with van der Waals surface area (Å²) in [6, 6.07) is 21.5. The number of Topliss-reactive ketones (excluding diaryl/α,β-unsaturated/α-hetero) is 2. The highest BCUT2D eigenvalue weighted by Crippen LogP contribution is 2.53. The van der Waals surface area contributed by atoms with Crippen molar-refractivity contribution in [3.05, 3.63) is 162 Å². The highest BCUT2D eigenvalue weighted by molar-refractivity contribution is 7.15.